The van der Waals surface area contributed by atoms with Gasteiger partial charge in [0, 0.05) is 20.7 Å². The summed E-state index contributed by atoms with van der Waals surface area (Å²) in [5.41, 5.74) is 1.91. The normalized spacial score (nSPS) is 30.5. The molecule has 2 unspecified atom stereocenters. The summed E-state index contributed by atoms with van der Waals surface area (Å²) < 4.78 is 0. The molecule has 177 valence electrons. The zero-order valence-corrected chi connectivity index (χ0v) is 20.6. The van der Waals surface area contributed by atoms with Crippen LogP contribution in [0.15, 0.2) is 12.1 Å². The van der Waals surface area contributed by atoms with Gasteiger partial charge in [-0.05, 0) is 12.1 Å². The molecule has 2 heterocycles. The second-order valence-electron chi connectivity index (χ2n) is 8.15. The van der Waals surface area contributed by atoms with Gasteiger partial charge in [-0.15, -0.1) is 13.1 Å². The fourth-order valence-corrected chi connectivity index (χ4v) is 4.93. The fraction of sp³-hybridized carbons (Fsp3) is 0.762. The molecule has 0 saturated heterocycles. The van der Waals surface area contributed by atoms with E-state index >= 15 is 0 Å². The summed E-state index contributed by atoms with van der Waals surface area (Å²) >= 11 is 6.36. The first-order valence-electron chi connectivity index (χ1n) is 10.9. The summed E-state index contributed by atoms with van der Waals surface area (Å²) in [4.78, 5) is 4.79. The van der Waals surface area contributed by atoms with Gasteiger partial charge in [0.25, 0.3) is 0 Å². The number of aromatic nitrogens is 1. The van der Waals surface area contributed by atoms with Crippen LogP contribution in [0.25, 0.3) is 21.3 Å². The van der Waals surface area contributed by atoms with Crippen LogP contribution in [-0.4, -0.2) is 42.2 Å². The van der Waals surface area contributed by atoms with E-state index in [0.29, 0.717) is 37.3 Å². The molecule has 0 N–H and O–H groups in total. The molecule has 2 aliphatic carbocycles. The molecule has 2 bridgehead atoms. The summed E-state index contributed by atoms with van der Waals surface area (Å²) in [6, 6.07) is 5.23. The van der Waals surface area contributed by atoms with Crippen molar-refractivity contribution in [3.05, 3.63) is 49.8 Å². The van der Waals surface area contributed by atoms with Gasteiger partial charge in [0.1, 0.15) is 0 Å². The van der Waals surface area contributed by atoms with Crippen LogP contribution in [0.4, 0.5) is 0 Å². The van der Waals surface area contributed by atoms with Crippen molar-refractivity contribution in [2.24, 2.45) is 0 Å². The van der Waals surface area contributed by atoms with E-state index in [1.54, 1.807) is 0 Å². The number of hydrogen-bond donors (Lipinski definition) is 0. The number of fused-ring (bicyclic) bond motifs is 4. The van der Waals surface area contributed by atoms with Gasteiger partial charge in [0.2, 0.25) is 0 Å². The zero-order chi connectivity index (χ0) is 21.2. The topological polar surface area (TPSA) is 69.3 Å². The van der Waals surface area contributed by atoms with Crippen LogP contribution in [0, 0.1) is 0 Å². The number of halogens is 3. The van der Waals surface area contributed by atoms with Crippen molar-refractivity contribution in [2.75, 3.05) is 13.1 Å². The maximum Gasteiger partial charge on any atom is 0 e. The van der Waals surface area contributed by atoms with Crippen LogP contribution >= 0.6 is 31.8 Å². The molecule has 0 aromatic carbocycles. The molecule has 9 heteroatoms. The van der Waals surface area contributed by atoms with E-state index in [9.17, 15) is 0 Å². The van der Waals surface area contributed by atoms with Gasteiger partial charge >= 0.3 is 33.3 Å². The molecule has 0 radical (unpaired) electrons. The van der Waals surface area contributed by atoms with Crippen LogP contribution in [0.3, 0.4) is 0 Å². The third kappa shape index (κ3) is 8.06. The Morgan fingerprint density at radius 2 is 1.10 bits per heavy atom. The van der Waals surface area contributed by atoms with E-state index in [1.165, 1.54) is 25.7 Å². The molecule has 1 aromatic rings. The SMILES string of the molecule is Clc1cc2nc(c1)C[N-][C@@H]1CCCC[C@H]1[N-]CC[N-]C1CCCCC1[N-]C2.[Cl][Mn][Cl].[HH].[HH].[HH]. The Bertz CT molecular complexity index is 605. The largest absolute Gasteiger partial charge is 0 e. The Morgan fingerprint density at radius 1 is 0.733 bits per heavy atom. The van der Waals surface area contributed by atoms with E-state index in [0.717, 1.165) is 55.2 Å². The summed E-state index contributed by atoms with van der Waals surface area (Å²) in [5, 5.41) is 20.6. The Labute approximate surface area is 205 Å². The van der Waals surface area contributed by atoms with Crippen molar-refractivity contribution in [1.82, 2.24) is 4.98 Å². The number of rotatable bonds is 0. The Kier molecular flexibility index (Phi) is 11.5. The molecule has 2 saturated carbocycles. The average molecular weight is 520 g/mol. The number of hydrogen-bond acceptors (Lipinski definition) is 1. The first-order chi connectivity index (χ1) is 14.7. The molecule has 0 spiro atoms. The average Bonchev–Trinajstić information content (AvgIpc) is 2.75. The van der Waals surface area contributed by atoms with Gasteiger partial charge in [-0.25, -0.2) is 0 Å². The Balaban J connectivity index is 0.00000162. The van der Waals surface area contributed by atoms with Crippen LogP contribution in [0.5, 0.6) is 0 Å². The van der Waals surface area contributed by atoms with E-state index in [1.807, 2.05) is 12.1 Å². The van der Waals surface area contributed by atoms with Crippen molar-refractivity contribution in [1.29, 1.82) is 0 Å². The molecule has 5 nitrogen and oxygen atoms in total. The van der Waals surface area contributed by atoms with Crippen molar-refractivity contribution in [2.45, 2.75) is 88.6 Å². The molecule has 3 aliphatic rings. The van der Waals surface area contributed by atoms with Gasteiger partial charge in [0.05, 0.1) is 0 Å². The van der Waals surface area contributed by atoms with E-state index in [4.69, 9.17) is 58.0 Å². The van der Waals surface area contributed by atoms with Crippen molar-refractivity contribution >= 4 is 31.8 Å². The smallest absolute Gasteiger partial charge is 0 e. The monoisotopic (exact) mass is 518 g/mol. The molecule has 30 heavy (non-hydrogen) atoms. The standard InChI is InChI=1S/C21H30ClN5.2ClH.Mn.3H2/c22-15-11-16-13-25-20-7-3-1-5-18(20)23-9-10-24-19-6-2-4-8-21(19)26-14-17(12-15)27-16;;;;;;/h11-12,18-21H,1-10,13-14H2;2*1H;;3*1H/q-4;;;+2;;;/p-2/t18-,19?,20-,21?;;;;;;/m1....../s1. The molecule has 4 rings (SSSR count). The van der Waals surface area contributed by atoms with Crippen molar-refractivity contribution in [3.8, 4) is 0 Å². The zero-order valence-electron chi connectivity index (χ0n) is 17.2. The Morgan fingerprint density at radius 3 is 1.50 bits per heavy atom. The summed E-state index contributed by atoms with van der Waals surface area (Å²) in [6.45, 7) is 2.91. The third-order valence-corrected chi connectivity index (χ3v) is 6.31. The maximum absolute atomic E-state index is 6.35. The quantitative estimate of drug-likeness (QED) is 0.320. The molecule has 4 atom stereocenters. The second-order valence-corrected chi connectivity index (χ2v) is 10.5. The van der Waals surface area contributed by atoms with Crippen LogP contribution < -0.4 is 0 Å². The van der Waals surface area contributed by atoms with E-state index in [-0.39, 0.29) is 17.4 Å². The molecular weight excluding hydrogens is 484 g/mol. The minimum absolute atomic E-state index is 0. The number of nitrogens with zero attached hydrogens (tertiary/aromatic N) is 5. The molecule has 1 aromatic heterocycles. The fourth-order valence-electron chi connectivity index (χ4n) is 4.67. The Hall–Kier alpha value is 0.379. The van der Waals surface area contributed by atoms with Crippen LogP contribution in [-0.2, 0) is 26.2 Å². The first kappa shape index (κ1) is 25.0. The molecular formula is C21H36Cl3MnN5-4. The predicted molar refractivity (Wildman–Crippen MR) is 130 cm³/mol. The minimum Gasteiger partial charge on any atom is 0 e. The van der Waals surface area contributed by atoms with E-state index in [2.05, 4.69) is 0 Å². The second kappa shape index (κ2) is 13.8. The van der Waals surface area contributed by atoms with Gasteiger partial charge < -0.3 is 21.3 Å². The van der Waals surface area contributed by atoms with Crippen molar-refractivity contribution < 1.29 is 17.4 Å². The maximum atomic E-state index is 6.35. The van der Waals surface area contributed by atoms with Gasteiger partial charge in [-0.3, -0.25) is 4.98 Å². The summed E-state index contributed by atoms with van der Waals surface area (Å²) in [7, 11) is 9.59. The van der Waals surface area contributed by atoms with Gasteiger partial charge in [-0.2, -0.15) is 37.3 Å². The molecule has 1 aliphatic heterocycles. The van der Waals surface area contributed by atoms with Gasteiger partial charge in [0.15, 0.2) is 0 Å². The van der Waals surface area contributed by atoms with E-state index < -0.39 is 0 Å². The van der Waals surface area contributed by atoms with Crippen molar-refractivity contribution in [3.63, 3.8) is 0 Å². The third-order valence-electron chi connectivity index (χ3n) is 6.09. The first-order valence-corrected chi connectivity index (χ1v) is 14.5. The molecule has 2 fully saturated rings. The predicted octanol–water partition coefficient (Wildman–Crippen LogP) is 7.98. The van der Waals surface area contributed by atoms with Gasteiger partial charge in [-0.1, -0.05) is 63.0 Å². The number of pyridine rings is 1. The summed E-state index contributed by atoms with van der Waals surface area (Å²) in [6.07, 6.45) is 9.62. The summed E-state index contributed by atoms with van der Waals surface area (Å²) in [5.74, 6) is 0. The van der Waals surface area contributed by atoms with Crippen LogP contribution in [0.2, 0.25) is 5.02 Å². The minimum atomic E-state index is 0. The molecule has 0 amide bonds. The van der Waals surface area contributed by atoms with Crippen LogP contribution in [0.1, 0.15) is 67.0 Å².